The number of hydrogen-bond donors (Lipinski definition) is 0. The summed E-state index contributed by atoms with van der Waals surface area (Å²) in [5.41, 5.74) is 1.38. The first-order valence-electron chi connectivity index (χ1n) is 4.88. The molecule has 90 valence electrons. The highest BCUT2D eigenvalue weighted by atomic mass is 35.5. The second kappa shape index (κ2) is 5.38. The summed E-state index contributed by atoms with van der Waals surface area (Å²) < 4.78 is 0. The van der Waals surface area contributed by atoms with E-state index in [1.165, 1.54) is 0 Å². The van der Waals surface area contributed by atoms with Gasteiger partial charge in [-0.15, -0.1) is 0 Å². The molecule has 2 aromatic rings. The van der Waals surface area contributed by atoms with E-state index < -0.39 is 0 Å². The van der Waals surface area contributed by atoms with Gasteiger partial charge in [-0.25, -0.2) is 0 Å². The first-order valence-corrected chi connectivity index (χ1v) is 6.40. The van der Waals surface area contributed by atoms with Crippen molar-refractivity contribution in [3.63, 3.8) is 0 Å². The van der Waals surface area contributed by atoms with Gasteiger partial charge in [-0.3, -0.25) is 0 Å². The van der Waals surface area contributed by atoms with Crippen molar-refractivity contribution < 1.29 is 0 Å². The van der Waals surface area contributed by atoms with E-state index in [1.807, 2.05) is 0 Å². The Morgan fingerprint density at radius 3 is 2.06 bits per heavy atom. The van der Waals surface area contributed by atoms with Gasteiger partial charge in [0.2, 0.25) is 0 Å². The van der Waals surface area contributed by atoms with Crippen LogP contribution in [0.2, 0.25) is 20.1 Å². The van der Waals surface area contributed by atoms with Gasteiger partial charge in [0.15, 0.2) is 0 Å². The highest BCUT2D eigenvalue weighted by Gasteiger charge is 2.17. The van der Waals surface area contributed by atoms with Gasteiger partial charge in [0.05, 0.1) is 26.7 Å². The zero-order valence-electron chi connectivity index (χ0n) is 8.85. The zero-order chi connectivity index (χ0) is 13.3. The first-order chi connectivity index (χ1) is 8.56. The summed E-state index contributed by atoms with van der Waals surface area (Å²) in [4.78, 5) is 0. The van der Waals surface area contributed by atoms with Gasteiger partial charge in [-0.2, -0.15) is 5.26 Å². The molecule has 18 heavy (non-hydrogen) atoms. The smallest absolute Gasteiger partial charge is 0.0998 e. The lowest BCUT2D eigenvalue weighted by molar-refractivity contribution is 1.48. The number of hydrogen-bond acceptors (Lipinski definition) is 1. The molecule has 0 unspecified atom stereocenters. The van der Waals surface area contributed by atoms with Crippen LogP contribution in [0.5, 0.6) is 0 Å². The largest absolute Gasteiger partial charge is 0.192 e. The van der Waals surface area contributed by atoms with Crippen LogP contribution < -0.4 is 0 Å². The topological polar surface area (TPSA) is 23.8 Å². The SMILES string of the molecule is N#Cc1cccc(Cl)c1-c1c(Cl)ccc(Cl)c1Cl. The van der Waals surface area contributed by atoms with Gasteiger partial charge in [-0.05, 0) is 24.3 Å². The Hall–Kier alpha value is -0.910. The Morgan fingerprint density at radius 1 is 0.778 bits per heavy atom. The van der Waals surface area contributed by atoms with Crippen molar-refractivity contribution in [1.29, 1.82) is 5.26 Å². The van der Waals surface area contributed by atoms with Crippen LogP contribution in [0, 0.1) is 11.3 Å². The molecule has 0 aliphatic rings. The molecule has 0 N–H and O–H groups in total. The van der Waals surface area contributed by atoms with Gasteiger partial charge < -0.3 is 0 Å². The van der Waals surface area contributed by atoms with Crippen LogP contribution in [0.1, 0.15) is 5.56 Å². The minimum Gasteiger partial charge on any atom is -0.192 e. The molecule has 0 radical (unpaired) electrons. The molecule has 1 nitrogen and oxygen atoms in total. The van der Waals surface area contributed by atoms with Crippen LogP contribution in [0.3, 0.4) is 0 Å². The lowest BCUT2D eigenvalue weighted by Gasteiger charge is -2.11. The second-order valence-corrected chi connectivity index (χ2v) is 5.09. The Balaban J connectivity index is 2.86. The molecule has 2 rings (SSSR count). The van der Waals surface area contributed by atoms with E-state index in [-0.39, 0.29) is 5.02 Å². The standard InChI is InChI=1S/C13H5Cl4N/c14-8-3-1-2-7(6-18)11(8)12-9(15)4-5-10(16)13(12)17/h1-5H. The predicted molar refractivity (Wildman–Crippen MR) is 76.6 cm³/mol. The zero-order valence-corrected chi connectivity index (χ0v) is 11.9. The molecule has 0 aromatic heterocycles. The van der Waals surface area contributed by atoms with E-state index in [4.69, 9.17) is 51.7 Å². The molecule has 0 aliphatic heterocycles. The highest BCUT2D eigenvalue weighted by Crippen LogP contribution is 2.43. The summed E-state index contributed by atoms with van der Waals surface area (Å²) in [5, 5.41) is 10.6. The molecule has 0 fully saturated rings. The minimum absolute atomic E-state index is 0.286. The van der Waals surface area contributed by atoms with Crippen LogP contribution in [-0.4, -0.2) is 0 Å². The molecule has 2 aromatic carbocycles. The summed E-state index contributed by atoms with van der Waals surface area (Å²) in [6.45, 7) is 0. The number of halogens is 4. The number of nitrogens with zero attached hydrogens (tertiary/aromatic N) is 1. The summed E-state index contributed by atoms with van der Waals surface area (Å²) in [6, 6.07) is 10.3. The van der Waals surface area contributed by atoms with Crippen molar-refractivity contribution in [1.82, 2.24) is 0 Å². The molecule has 0 spiro atoms. The van der Waals surface area contributed by atoms with Crippen LogP contribution in [0.15, 0.2) is 30.3 Å². The van der Waals surface area contributed by atoms with Gasteiger partial charge in [-0.1, -0.05) is 52.5 Å². The quantitative estimate of drug-likeness (QED) is 0.606. The van der Waals surface area contributed by atoms with Crippen LogP contribution in [-0.2, 0) is 0 Å². The third-order valence-corrected chi connectivity index (χ3v) is 3.86. The fourth-order valence-electron chi connectivity index (χ4n) is 1.63. The Kier molecular flexibility index (Phi) is 4.04. The van der Waals surface area contributed by atoms with Gasteiger partial charge >= 0.3 is 0 Å². The second-order valence-electron chi connectivity index (χ2n) is 3.49. The van der Waals surface area contributed by atoms with Crippen molar-refractivity contribution in [3.05, 3.63) is 56.0 Å². The summed E-state index contributed by atoms with van der Waals surface area (Å²) in [5.74, 6) is 0. The summed E-state index contributed by atoms with van der Waals surface area (Å²) in [6.07, 6.45) is 0. The Morgan fingerprint density at radius 2 is 1.39 bits per heavy atom. The molecular formula is C13H5Cl4N. The van der Waals surface area contributed by atoms with E-state index in [0.29, 0.717) is 31.8 Å². The number of nitriles is 1. The predicted octanol–water partition coefficient (Wildman–Crippen LogP) is 5.84. The summed E-state index contributed by atoms with van der Waals surface area (Å²) >= 11 is 24.4. The average molecular weight is 317 g/mol. The molecule has 0 atom stereocenters. The monoisotopic (exact) mass is 315 g/mol. The Labute approximate surface area is 124 Å². The third kappa shape index (κ3) is 2.30. The lowest BCUT2D eigenvalue weighted by Crippen LogP contribution is -1.89. The lowest BCUT2D eigenvalue weighted by atomic mass is 10.00. The maximum absolute atomic E-state index is 9.13. The molecule has 0 amide bonds. The van der Waals surface area contributed by atoms with Gasteiger partial charge in [0.25, 0.3) is 0 Å². The number of rotatable bonds is 1. The minimum atomic E-state index is 0.286. The van der Waals surface area contributed by atoms with Crippen molar-refractivity contribution in [2.24, 2.45) is 0 Å². The molecular weight excluding hydrogens is 312 g/mol. The fraction of sp³-hybridized carbons (Fsp3) is 0. The van der Waals surface area contributed by atoms with Crippen LogP contribution in [0.25, 0.3) is 11.1 Å². The maximum atomic E-state index is 9.13. The van der Waals surface area contributed by atoms with Gasteiger partial charge in [0, 0.05) is 16.1 Å². The average Bonchev–Trinajstić information content (AvgIpc) is 2.36. The highest BCUT2D eigenvalue weighted by molar-refractivity contribution is 6.47. The maximum Gasteiger partial charge on any atom is 0.0998 e. The molecule has 5 heteroatoms. The van der Waals surface area contributed by atoms with Crippen molar-refractivity contribution in [2.45, 2.75) is 0 Å². The van der Waals surface area contributed by atoms with E-state index >= 15 is 0 Å². The normalized spacial score (nSPS) is 10.2. The van der Waals surface area contributed by atoms with E-state index in [0.717, 1.165) is 0 Å². The van der Waals surface area contributed by atoms with Crippen LogP contribution >= 0.6 is 46.4 Å². The van der Waals surface area contributed by atoms with E-state index in [2.05, 4.69) is 6.07 Å². The fourth-order valence-corrected chi connectivity index (χ4v) is 2.61. The first kappa shape index (κ1) is 13.5. The van der Waals surface area contributed by atoms with Crippen LogP contribution in [0.4, 0.5) is 0 Å². The molecule has 0 bridgehead atoms. The molecule has 0 saturated carbocycles. The van der Waals surface area contributed by atoms with E-state index in [9.17, 15) is 0 Å². The van der Waals surface area contributed by atoms with Crippen molar-refractivity contribution in [2.75, 3.05) is 0 Å². The van der Waals surface area contributed by atoms with E-state index in [1.54, 1.807) is 30.3 Å². The molecule has 0 saturated heterocycles. The molecule has 0 aliphatic carbocycles. The number of benzene rings is 2. The van der Waals surface area contributed by atoms with Crippen molar-refractivity contribution in [3.8, 4) is 17.2 Å². The van der Waals surface area contributed by atoms with Crippen molar-refractivity contribution >= 4 is 46.4 Å². The third-order valence-electron chi connectivity index (χ3n) is 2.43. The molecule has 0 heterocycles. The summed E-state index contributed by atoms with van der Waals surface area (Å²) in [7, 11) is 0. The Bertz CT molecular complexity index is 659. The van der Waals surface area contributed by atoms with Gasteiger partial charge in [0.1, 0.15) is 0 Å².